The van der Waals surface area contributed by atoms with E-state index in [1.54, 1.807) is 18.4 Å². The second-order valence-electron chi connectivity index (χ2n) is 6.98. The number of amides is 2. The number of hydrogen-bond acceptors (Lipinski definition) is 4. The predicted octanol–water partition coefficient (Wildman–Crippen LogP) is 2.05. The Kier molecular flexibility index (Phi) is 4.87. The van der Waals surface area contributed by atoms with Gasteiger partial charge in [0.15, 0.2) is 0 Å². The van der Waals surface area contributed by atoms with Crippen LogP contribution in [0.25, 0.3) is 11.0 Å². The molecule has 2 amide bonds. The Morgan fingerprint density at radius 3 is 3.08 bits per heavy atom. The highest BCUT2D eigenvalue weighted by Gasteiger charge is 2.31. The van der Waals surface area contributed by atoms with Crippen LogP contribution in [0.5, 0.6) is 0 Å². The molecule has 138 valence electrons. The number of hydrogen-bond donors (Lipinski definition) is 1. The van der Waals surface area contributed by atoms with Crippen LogP contribution in [0.4, 0.5) is 0 Å². The van der Waals surface area contributed by atoms with Crippen LogP contribution in [-0.4, -0.2) is 60.4 Å². The molecule has 2 saturated heterocycles. The number of piperazine rings is 1. The molecule has 1 unspecified atom stereocenters. The van der Waals surface area contributed by atoms with Crippen LogP contribution in [0.2, 0.25) is 5.02 Å². The number of likely N-dealkylation sites (tertiary alicyclic amines) is 1. The lowest BCUT2D eigenvalue weighted by Gasteiger charge is -2.41. The number of nitrogens with zero attached hydrogens (tertiary/aromatic N) is 2. The second-order valence-corrected chi connectivity index (χ2v) is 7.41. The van der Waals surface area contributed by atoms with Crippen molar-refractivity contribution < 1.29 is 14.0 Å². The molecule has 4 rings (SSSR count). The number of rotatable bonds is 3. The Bertz CT molecular complexity index is 835. The molecule has 7 heteroatoms. The van der Waals surface area contributed by atoms with Gasteiger partial charge < -0.3 is 19.5 Å². The molecule has 1 N–H and O–H groups in total. The predicted molar refractivity (Wildman–Crippen MR) is 99.1 cm³/mol. The van der Waals surface area contributed by atoms with Crippen molar-refractivity contribution in [2.75, 3.05) is 32.7 Å². The average molecular weight is 376 g/mol. The van der Waals surface area contributed by atoms with Crippen molar-refractivity contribution >= 4 is 34.4 Å². The summed E-state index contributed by atoms with van der Waals surface area (Å²) in [5.74, 6) is 0.211. The van der Waals surface area contributed by atoms with Gasteiger partial charge >= 0.3 is 0 Å². The Hall–Kier alpha value is -2.05. The van der Waals surface area contributed by atoms with Crippen LogP contribution in [0.3, 0.4) is 0 Å². The van der Waals surface area contributed by atoms with Gasteiger partial charge in [0.2, 0.25) is 11.8 Å². The number of nitrogens with one attached hydrogen (secondary N) is 1. The molecule has 0 saturated carbocycles. The zero-order chi connectivity index (χ0) is 18.1. The number of piperidine rings is 1. The lowest BCUT2D eigenvalue weighted by Crippen LogP contribution is -2.57. The van der Waals surface area contributed by atoms with Gasteiger partial charge in [0.25, 0.3) is 0 Å². The van der Waals surface area contributed by atoms with Crippen molar-refractivity contribution in [3.63, 3.8) is 0 Å². The number of furan rings is 1. The molecule has 0 spiro atoms. The van der Waals surface area contributed by atoms with Crippen LogP contribution in [-0.2, 0) is 16.0 Å². The summed E-state index contributed by atoms with van der Waals surface area (Å²) in [5, 5.41) is 4.64. The molecule has 1 aromatic heterocycles. The van der Waals surface area contributed by atoms with Gasteiger partial charge in [0.05, 0.1) is 19.2 Å². The van der Waals surface area contributed by atoms with Gasteiger partial charge in [-0.15, -0.1) is 0 Å². The minimum Gasteiger partial charge on any atom is -0.464 e. The minimum atomic E-state index is 0.0786. The Morgan fingerprint density at radius 2 is 2.23 bits per heavy atom. The Balaban J connectivity index is 1.44. The fourth-order valence-electron chi connectivity index (χ4n) is 3.91. The summed E-state index contributed by atoms with van der Waals surface area (Å²) in [4.78, 5) is 28.8. The van der Waals surface area contributed by atoms with Gasteiger partial charge in [0.1, 0.15) is 5.58 Å². The smallest absolute Gasteiger partial charge is 0.236 e. The highest BCUT2D eigenvalue weighted by molar-refractivity contribution is 6.31. The lowest BCUT2D eigenvalue weighted by molar-refractivity contribution is -0.140. The number of halogens is 1. The molecular formula is C19H22ClN3O3. The monoisotopic (exact) mass is 375 g/mol. The third-order valence-corrected chi connectivity index (χ3v) is 5.51. The van der Waals surface area contributed by atoms with Gasteiger partial charge in [0, 0.05) is 48.2 Å². The molecule has 1 atom stereocenters. The molecule has 2 fully saturated rings. The third kappa shape index (κ3) is 3.44. The molecule has 6 nitrogen and oxygen atoms in total. The van der Waals surface area contributed by atoms with Crippen molar-refractivity contribution in [3.8, 4) is 0 Å². The van der Waals surface area contributed by atoms with E-state index in [1.807, 2.05) is 15.9 Å². The summed E-state index contributed by atoms with van der Waals surface area (Å²) < 4.78 is 5.53. The van der Waals surface area contributed by atoms with E-state index in [0.29, 0.717) is 30.1 Å². The largest absolute Gasteiger partial charge is 0.464 e. The highest BCUT2D eigenvalue weighted by Crippen LogP contribution is 2.26. The molecule has 2 aliphatic heterocycles. The maximum Gasteiger partial charge on any atom is 0.236 e. The first-order valence-corrected chi connectivity index (χ1v) is 9.43. The topological polar surface area (TPSA) is 65.8 Å². The average Bonchev–Trinajstić information content (AvgIpc) is 3.04. The molecular weight excluding hydrogens is 354 g/mol. The number of benzene rings is 1. The molecule has 26 heavy (non-hydrogen) atoms. The van der Waals surface area contributed by atoms with E-state index in [0.717, 1.165) is 43.4 Å². The van der Waals surface area contributed by atoms with Crippen molar-refractivity contribution in [1.82, 2.24) is 15.1 Å². The number of carbonyl (C=O) groups is 2. The first-order chi connectivity index (χ1) is 12.6. The molecule has 3 heterocycles. The van der Waals surface area contributed by atoms with Crippen molar-refractivity contribution in [2.45, 2.75) is 25.3 Å². The van der Waals surface area contributed by atoms with E-state index in [-0.39, 0.29) is 17.9 Å². The summed E-state index contributed by atoms with van der Waals surface area (Å²) in [5.41, 5.74) is 1.57. The van der Waals surface area contributed by atoms with Gasteiger partial charge in [-0.05, 0) is 31.0 Å². The zero-order valence-corrected chi connectivity index (χ0v) is 15.3. The second kappa shape index (κ2) is 7.29. The third-order valence-electron chi connectivity index (χ3n) is 5.28. The van der Waals surface area contributed by atoms with Gasteiger partial charge in [-0.25, -0.2) is 0 Å². The number of carbonyl (C=O) groups excluding carboxylic acids is 2. The fourth-order valence-corrected chi connectivity index (χ4v) is 4.07. The summed E-state index contributed by atoms with van der Waals surface area (Å²) in [6.07, 6.45) is 3.83. The van der Waals surface area contributed by atoms with Crippen molar-refractivity contribution in [1.29, 1.82) is 0 Å². The highest BCUT2D eigenvalue weighted by atomic mass is 35.5. The van der Waals surface area contributed by atoms with E-state index in [2.05, 4.69) is 5.32 Å². The quantitative estimate of drug-likeness (QED) is 0.891. The van der Waals surface area contributed by atoms with Crippen LogP contribution < -0.4 is 5.32 Å². The lowest BCUT2D eigenvalue weighted by atomic mass is 10.0. The maximum atomic E-state index is 12.8. The van der Waals surface area contributed by atoms with E-state index in [4.69, 9.17) is 16.0 Å². The van der Waals surface area contributed by atoms with E-state index in [1.165, 1.54) is 0 Å². The normalized spacial score (nSPS) is 21.4. The van der Waals surface area contributed by atoms with E-state index >= 15 is 0 Å². The SMILES string of the molecule is O=C(Cc1coc2cc(Cl)ccc12)N1CCCC(N2CCNCC2=O)C1. The van der Waals surface area contributed by atoms with E-state index in [9.17, 15) is 9.59 Å². The molecule has 2 aromatic rings. The van der Waals surface area contributed by atoms with Gasteiger partial charge in [-0.1, -0.05) is 11.6 Å². The molecule has 0 radical (unpaired) electrons. The first-order valence-electron chi connectivity index (χ1n) is 9.05. The van der Waals surface area contributed by atoms with Crippen LogP contribution in [0, 0.1) is 0 Å². The van der Waals surface area contributed by atoms with Crippen LogP contribution in [0.1, 0.15) is 18.4 Å². The minimum absolute atomic E-state index is 0.0786. The first kappa shape index (κ1) is 17.4. The van der Waals surface area contributed by atoms with Crippen molar-refractivity contribution in [3.05, 3.63) is 35.0 Å². The standard InChI is InChI=1S/C19H22ClN3O3/c20-14-3-4-16-13(12-26-17(16)9-14)8-18(24)22-6-1-2-15(11-22)23-7-5-21-10-19(23)25/h3-4,9,12,15,21H,1-2,5-8,10-11H2. The summed E-state index contributed by atoms with van der Waals surface area (Å²) >= 11 is 5.99. The molecule has 0 bridgehead atoms. The van der Waals surface area contributed by atoms with E-state index < -0.39 is 0 Å². The van der Waals surface area contributed by atoms with Crippen LogP contribution in [0.15, 0.2) is 28.9 Å². The van der Waals surface area contributed by atoms with Gasteiger partial charge in [-0.2, -0.15) is 0 Å². The van der Waals surface area contributed by atoms with Crippen molar-refractivity contribution in [2.24, 2.45) is 0 Å². The number of fused-ring (bicyclic) bond motifs is 1. The zero-order valence-electron chi connectivity index (χ0n) is 14.5. The molecule has 0 aliphatic carbocycles. The summed E-state index contributed by atoms with van der Waals surface area (Å²) in [6.45, 7) is 3.30. The Morgan fingerprint density at radius 1 is 1.35 bits per heavy atom. The van der Waals surface area contributed by atoms with Crippen LogP contribution >= 0.6 is 11.6 Å². The molecule has 1 aromatic carbocycles. The fraction of sp³-hybridized carbons (Fsp3) is 0.474. The summed E-state index contributed by atoms with van der Waals surface area (Å²) in [6, 6.07) is 5.59. The molecule has 2 aliphatic rings. The Labute approximate surface area is 157 Å². The summed E-state index contributed by atoms with van der Waals surface area (Å²) in [7, 11) is 0. The van der Waals surface area contributed by atoms with Gasteiger partial charge in [-0.3, -0.25) is 9.59 Å². The maximum absolute atomic E-state index is 12.8.